The van der Waals surface area contributed by atoms with Gasteiger partial charge in [0.15, 0.2) is 5.78 Å². The molecule has 0 bridgehead atoms. The summed E-state index contributed by atoms with van der Waals surface area (Å²) in [6, 6.07) is 10.3. The molecular formula is C23H23F3N2O2S. The zero-order valence-electron chi connectivity index (χ0n) is 17.3. The van der Waals surface area contributed by atoms with E-state index in [9.17, 15) is 18.0 Å². The molecule has 164 valence electrons. The number of anilines is 1. The van der Waals surface area contributed by atoms with Crippen molar-refractivity contribution in [3.05, 3.63) is 58.7 Å². The summed E-state index contributed by atoms with van der Waals surface area (Å²) < 4.78 is 43.1. The molecule has 0 saturated carbocycles. The normalized spacial score (nSPS) is 20.3. The number of alkyl halides is 3. The standard InChI is InChI=1S/C23H23F3N2O2S/c1-14-13-28(8-7-27-14)20-11-16-10-17(22(29)19(16)12-21(20)30-2)9-15-3-5-18(6-4-15)31-23(24,25)26/h3-6,9,11-12,14,27H,7-8,10,13H2,1-2H3. The van der Waals surface area contributed by atoms with Gasteiger partial charge >= 0.3 is 5.51 Å². The monoisotopic (exact) mass is 448 g/mol. The number of allylic oxidation sites excluding steroid dienone is 1. The summed E-state index contributed by atoms with van der Waals surface area (Å²) in [5.41, 5.74) is -0.439. The fourth-order valence-electron chi connectivity index (χ4n) is 4.07. The van der Waals surface area contributed by atoms with E-state index in [-0.39, 0.29) is 22.4 Å². The number of halogens is 3. The van der Waals surface area contributed by atoms with Crippen molar-refractivity contribution in [1.29, 1.82) is 0 Å². The van der Waals surface area contributed by atoms with Gasteiger partial charge in [0.2, 0.25) is 0 Å². The van der Waals surface area contributed by atoms with E-state index in [0.717, 1.165) is 30.9 Å². The zero-order valence-corrected chi connectivity index (χ0v) is 18.1. The number of hydrogen-bond acceptors (Lipinski definition) is 5. The van der Waals surface area contributed by atoms with Crippen LogP contribution < -0.4 is 15.0 Å². The number of nitrogens with one attached hydrogen (secondary N) is 1. The van der Waals surface area contributed by atoms with Crippen LogP contribution in [0.1, 0.15) is 28.4 Å². The molecule has 31 heavy (non-hydrogen) atoms. The van der Waals surface area contributed by atoms with E-state index in [4.69, 9.17) is 4.74 Å². The third kappa shape index (κ3) is 4.91. The fourth-order valence-corrected chi connectivity index (χ4v) is 4.61. The SMILES string of the molecule is COc1cc2c(cc1N1CCNC(C)C1)CC(=Cc1ccc(SC(F)(F)F)cc1)C2=O. The Labute approximate surface area is 183 Å². The predicted octanol–water partition coefficient (Wildman–Crippen LogP) is 4.93. The first kappa shape index (κ1) is 21.8. The summed E-state index contributed by atoms with van der Waals surface area (Å²) in [5.74, 6) is 0.609. The molecule has 0 amide bonds. The number of nitrogens with zero attached hydrogens (tertiary/aromatic N) is 1. The molecule has 2 aliphatic rings. The number of ketones is 1. The predicted molar refractivity (Wildman–Crippen MR) is 117 cm³/mol. The number of hydrogen-bond donors (Lipinski definition) is 1. The van der Waals surface area contributed by atoms with E-state index in [0.29, 0.717) is 34.9 Å². The number of fused-ring (bicyclic) bond motifs is 1. The highest BCUT2D eigenvalue weighted by Gasteiger charge is 2.30. The minimum Gasteiger partial charge on any atom is -0.495 e. The summed E-state index contributed by atoms with van der Waals surface area (Å²) in [7, 11) is 1.60. The molecule has 4 rings (SSSR count). The Morgan fingerprint density at radius 1 is 1.23 bits per heavy atom. The second kappa shape index (κ2) is 8.59. The minimum atomic E-state index is -4.32. The van der Waals surface area contributed by atoms with Crippen LogP contribution in [0.3, 0.4) is 0 Å². The molecule has 1 heterocycles. The van der Waals surface area contributed by atoms with Crippen LogP contribution in [-0.2, 0) is 6.42 Å². The molecule has 2 aromatic carbocycles. The van der Waals surface area contributed by atoms with E-state index in [1.54, 1.807) is 25.3 Å². The lowest BCUT2D eigenvalue weighted by atomic mass is 10.1. The van der Waals surface area contributed by atoms with Crippen molar-refractivity contribution in [3.63, 3.8) is 0 Å². The van der Waals surface area contributed by atoms with Crippen molar-refractivity contribution in [2.24, 2.45) is 0 Å². The molecule has 2 aromatic rings. The maximum absolute atomic E-state index is 13.0. The smallest absolute Gasteiger partial charge is 0.446 e. The minimum absolute atomic E-state index is 0.0673. The van der Waals surface area contributed by atoms with Crippen LogP contribution in [0.25, 0.3) is 6.08 Å². The Hall–Kier alpha value is -2.45. The maximum Gasteiger partial charge on any atom is 0.446 e. The molecule has 1 saturated heterocycles. The lowest BCUT2D eigenvalue weighted by Gasteiger charge is -2.34. The van der Waals surface area contributed by atoms with E-state index in [2.05, 4.69) is 17.1 Å². The van der Waals surface area contributed by atoms with Gasteiger partial charge in [-0.25, -0.2) is 0 Å². The number of carbonyl (C=O) groups is 1. The molecule has 1 N–H and O–H groups in total. The van der Waals surface area contributed by atoms with Gasteiger partial charge < -0.3 is 15.0 Å². The van der Waals surface area contributed by atoms with Crippen LogP contribution in [0.2, 0.25) is 0 Å². The van der Waals surface area contributed by atoms with E-state index < -0.39 is 5.51 Å². The summed E-state index contributed by atoms with van der Waals surface area (Å²) in [6.07, 6.45) is 2.25. The van der Waals surface area contributed by atoms with Crippen molar-refractivity contribution in [2.45, 2.75) is 29.8 Å². The summed E-state index contributed by atoms with van der Waals surface area (Å²) >= 11 is -0.149. The molecule has 0 aromatic heterocycles. The van der Waals surface area contributed by atoms with Gasteiger partial charge in [0.25, 0.3) is 0 Å². The van der Waals surface area contributed by atoms with Gasteiger partial charge in [0, 0.05) is 48.1 Å². The number of thioether (sulfide) groups is 1. The quantitative estimate of drug-likeness (QED) is 0.531. The third-order valence-corrected chi connectivity index (χ3v) is 6.23. The van der Waals surface area contributed by atoms with Crippen LogP contribution in [0.15, 0.2) is 46.9 Å². The summed E-state index contributed by atoms with van der Waals surface area (Å²) in [6.45, 7) is 4.73. The lowest BCUT2D eigenvalue weighted by molar-refractivity contribution is -0.0328. The largest absolute Gasteiger partial charge is 0.495 e. The summed E-state index contributed by atoms with van der Waals surface area (Å²) in [4.78, 5) is 15.4. The van der Waals surface area contributed by atoms with Crippen LogP contribution in [-0.4, -0.2) is 44.1 Å². The van der Waals surface area contributed by atoms with Gasteiger partial charge in [0.1, 0.15) is 5.75 Å². The number of carbonyl (C=O) groups excluding carboxylic acids is 1. The summed E-state index contributed by atoms with van der Waals surface area (Å²) in [5, 5.41) is 3.42. The topological polar surface area (TPSA) is 41.6 Å². The molecule has 0 radical (unpaired) electrons. The number of Topliss-reactive ketones (excluding diaryl/α,β-unsaturated/α-hetero) is 1. The molecule has 1 unspecified atom stereocenters. The van der Waals surface area contributed by atoms with Crippen molar-refractivity contribution in [2.75, 3.05) is 31.6 Å². The number of rotatable bonds is 4. The first-order chi connectivity index (χ1) is 14.7. The maximum atomic E-state index is 13.0. The molecular weight excluding hydrogens is 425 g/mol. The molecule has 4 nitrogen and oxygen atoms in total. The molecule has 1 aliphatic heterocycles. The Morgan fingerprint density at radius 3 is 2.61 bits per heavy atom. The second-order valence-corrected chi connectivity index (χ2v) is 8.91. The van der Waals surface area contributed by atoms with Crippen molar-refractivity contribution >= 4 is 29.3 Å². The number of methoxy groups -OCH3 is 1. The molecule has 8 heteroatoms. The van der Waals surface area contributed by atoms with Gasteiger partial charge in [0.05, 0.1) is 12.8 Å². The fraction of sp³-hybridized carbons (Fsp3) is 0.348. The highest BCUT2D eigenvalue weighted by molar-refractivity contribution is 8.00. The van der Waals surface area contributed by atoms with Crippen molar-refractivity contribution in [1.82, 2.24) is 5.32 Å². The Kier molecular flexibility index (Phi) is 6.03. The Bertz CT molecular complexity index is 1020. The van der Waals surface area contributed by atoms with Gasteiger partial charge in [-0.05, 0) is 60.2 Å². The molecule has 0 spiro atoms. The van der Waals surface area contributed by atoms with Crippen LogP contribution in [0, 0.1) is 0 Å². The third-order valence-electron chi connectivity index (χ3n) is 5.49. The average molecular weight is 449 g/mol. The number of ether oxygens (including phenoxy) is 1. The van der Waals surface area contributed by atoms with Gasteiger partial charge in [-0.1, -0.05) is 12.1 Å². The zero-order chi connectivity index (χ0) is 22.2. The highest BCUT2D eigenvalue weighted by Crippen LogP contribution is 2.39. The van der Waals surface area contributed by atoms with Crippen molar-refractivity contribution in [3.8, 4) is 5.75 Å². The Balaban J connectivity index is 1.58. The number of piperazine rings is 1. The lowest BCUT2D eigenvalue weighted by Crippen LogP contribution is -2.49. The first-order valence-corrected chi connectivity index (χ1v) is 10.9. The second-order valence-electron chi connectivity index (χ2n) is 7.77. The van der Waals surface area contributed by atoms with Gasteiger partial charge in [-0.15, -0.1) is 0 Å². The Morgan fingerprint density at radius 2 is 1.97 bits per heavy atom. The molecule has 1 fully saturated rings. The van der Waals surface area contributed by atoms with Gasteiger partial charge in [-0.2, -0.15) is 13.2 Å². The first-order valence-electron chi connectivity index (χ1n) is 10.0. The average Bonchev–Trinajstić information content (AvgIpc) is 3.02. The highest BCUT2D eigenvalue weighted by atomic mass is 32.2. The molecule has 1 atom stereocenters. The van der Waals surface area contributed by atoms with E-state index in [1.807, 2.05) is 12.1 Å². The van der Waals surface area contributed by atoms with Crippen LogP contribution in [0.4, 0.5) is 18.9 Å². The van der Waals surface area contributed by atoms with Gasteiger partial charge in [-0.3, -0.25) is 4.79 Å². The van der Waals surface area contributed by atoms with Crippen molar-refractivity contribution < 1.29 is 22.7 Å². The van der Waals surface area contributed by atoms with Crippen LogP contribution >= 0.6 is 11.8 Å². The molecule has 1 aliphatic carbocycles. The van der Waals surface area contributed by atoms with E-state index >= 15 is 0 Å². The van der Waals surface area contributed by atoms with Crippen LogP contribution in [0.5, 0.6) is 5.75 Å². The van der Waals surface area contributed by atoms with E-state index in [1.165, 1.54) is 12.1 Å². The number of benzene rings is 2.